The van der Waals surface area contributed by atoms with Crippen molar-refractivity contribution in [2.45, 2.75) is 47.0 Å². The zero-order chi connectivity index (χ0) is 26.4. The number of carbonyl (C=O) groups excluding carboxylic acids is 1. The summed E-state index contributed by atoms with van der Waals surface area (Å²) in [4.78, 5) is 28.3. The summed E-state index contributed by atoms with van der Waals surface area (Å²) in [7, 11) is 0. The van der Waals surface area contributed by atoms with Crippen LogP contribution in [-0.4, -0.2) is 50.0 Å². The Labute approximate surface area is 219 Å². The summed E-state index contributed by atoms with van der Waals surface area (Å²) in [6.45, 7) is 13.9. The molecule has 0 saturated carbocycles. The second-order valence-corrected chi connectivity index (χ2v) is 10.2. The third kappa shape index (κ3) is 6.96. The molecule has 1 N–H and O–H groups in total. The van der Waals surface area contributed by atoms with Crippen molar-refractivity contribution in [3.8, 4) is 5.75 Å². The zero-order valence-corrected chi connectivity index (χ0v) is 22.5. The Hall–Kier alpha value is -3.22. The number of nitrogens with one attached hydrogen (secondary N) is 1. The average Bonchev–Trinajstić information content (AvgIpc) is 2.88. The molecule has 0 atom stereocenters. The summed E-state index contributed by atoms with van der Waals surface area (Å²) >= 11 is 0. The van der Waals surface area contributed by atoms with Crippen molar-refractivity contribution in [2.24, 2.45) is 0 Å². The van der Waals surface area contributed by atoms with E-state index in [1.807, 2.05) is 44.2 Å². The lowest BCUT2D eigenvalue weighted by Crippen LogP contribution is -2.43. The average molecular weight is 503 g/mol. The van der Waals surface area contributed by atoms with Gasteiger partial charge in [-0.1, -0.05) is 23.8 Å². The highest BCUT2D eigenvalue weighted by Crippen LogP contribution is 2.27. The van der Waals surface area contributed by atoms with Crippen LogP contribution in [0.15, 0.2) is 57.3 Å². The van der Waals surface area contributed by atoms with Crippen molar-refractivity contribution >= 4 is 16.8 Å². The number of nitrogens with zero attached hydrogens (tertiary/aromatic N) is 1. The molecule has 2 aromatic carbocycles. The molecule has 3 aromatic rings. The number of allylic oxidation sites excluding steroid dienone is 2. The van der Waals surface area contributed by atoms with Gasteiger partial charge in [0, 0.05) is 61.2 Å². The lowest BCUT2D eigenvalue weighted by Gasteiger charge is -2.27. The quantitative estimate of drug-likeness (QED) is 0.182. The molecule has 2 heterocycles. The van der Waals surface area contributed by atoms with E-state index in [1.165, 1.54) is 5.57 Å². The molecule has 0 radical (unpaired) electrons. The van der Waals surface area contributed by atoms with Crippen molar-refractivity contribution in [3.05, 3.63) is 86.3 Å². The maximum absolute atomic E-state index is 13.1. The van der Waals surface area contributed by atoms with Gasteiger partial charge < -0.3 is 19.4 Å². The maximum atomic E-state index is 13.1. The summed E-state index contributed by atoms with van der Waals surface area (Å²) in [6, 6.07) is 11.3. The van der Waals surface area contributed by atoms with Gasteiger partial charge in [-0.25, -0.2) is 4.79 Å². The number of hydrogen-bond acceptors (Lipinski definition) is 6. The number of Topliss-reactive ketones (excluding diaryl/α,β-unsaturated/α-hetero) is 1. The summed E-state index contributed by atoms with van der Waals surface area (Å²) in [5, 5.41) is 4.16. The van der Waals surface area contributed by atoms with Gasteiger partial charge in [0.25, 0.3) is 0 Å². The Morgan fingerprint density at radius 2 is 1.86 bits per heavy atom. The third-order valence-corrected chi connectivity index (χ3v) is 7.01. The lowest BCUT2D eigenvalue weighted by atomic mass is 9.97. The summed E-state index contributed by atoms with van der Waals surface area (Å²) in [5.41, 5.74) is 5.33. The molecule has 0 amide bonds. The molecule has 1 aliphatic heterocycles. The Bertz CT molecular complexity index is 1350. The first-order chi connectivity index (χ1) is 17.8. The molecule has 0 bridgehead atoms. The highest BCUT2D eigenvalue weighted by molar-refractivity contribution is 5.98. The van der Waals surface area contributed by atoms with Crippen LogP contribution in [0, 0.1) is 13.8 Å². The van der Waals surface area contributed by atoms with Crippen molar-refractivity contribution in [1.29, 1.82) is 0 Å². The first-order valence-electron chi connectivity index (χ1n) is 13.2. The van der Waals surface area contributed by atoms with Gasteiger partial charge in [-0.05, 0) is 75.9 Å². The predicted octanol–water partition coefficient (Wildman–Crippen LogP) is 5.02. The molecule has 37 heavy (non-hydrogen) atoms. The van der Waals surface area contributed by atoms with Gasteiger partial charge in [-0.3, -0.25) is 4.79 Å². The van der Waals surface area contributed by atoms with E-state index in [0.717, 1.165) is 73.4 Å². The van der Waals surface area contributed by atoms with E-state index in [-0.39, 0.29) is 12.2 Å². The van der Waals surface area contributed by atoms with E-state index in [4.69, 9.17) is 9.15 Å². The summed E-state index contributed by atoms with van der Waals surface area (Å²) in [6.07, 6.45) is 3.89. The number of fused-ring (bicyclic) bond motifs is 1. The molecule has 6 heteroatoms. The third-order valence-electron chi connectivity index (χ3n) is 7.01. The smallest absolute Gasteiger partial charge is 0.339 e. The van der Waals surface area contributed by atoms with Crippen LogP contribution in [0.4, 0.5) is 0 Å². The van der Waals surface area contributed by atoms with Crippen molar-refractivity contribution < 1.29 is 13.9 Å². The molecule has 0 aliphatic carbocycles. The van der Waals surface area contributed by atoms with Crippen LogP contribution < -0.4 is 15.7 Å². The fourth-order valence-corrected chi connectivity index (χ4v) is 4.69. The van der Waals surface area contributed by atoms with Gasteiger partial charge >= 0.3 is 5.63 Å². The molecule has 0 spiro atoms. The van der Waals surface area contributed by atoms with Crippen LogP contribution in [0.1, 0.15) is 52.9 Å². The Morgan fingerprint density at radius 3 is 2.62 bits per heavy atom. The minimum atomic E-state index is -0.475. The number of rotatable bonds is 10. The van der Waals surface area contributed by atoms with Crippen molar-refractivity contribution in [1.82, 2.24) is 10.2 Å². The van der Waals surface area contributed by atoms with E-state index in [9.17, 15) is 9.59 Å². The van der Waals surface area contributed by atoms with E-state index in [2.05, 4.69) is 30.1 Å². The van der Waals surface area contributed by atoms with E-state index < -0.39 is 5.63 Å². The minimum Gasteiger partial charge on any atom is -0.493 e. The number of carbonyl (C=O) groups is 1. The molecule has 1 aliphatic rings. The molecular weight excluding hydrogens is 464 g/mol. The van der Waals surface area contributed by atoms with Gasteiger partial charge in [0.2, 0.25) is 0 Å². The van der Waals surface area contributed by atoms with Gasteiger partial charge in [0.05, 0.1) is 6.61 Å². The highest BCUT2D eigenvalue weighted by atomic mass is 16.5. The molecule has 1 aromatic heterocycles. The normalized spacial score (nSPS) is 14.1. The predicted molar refractivity (Wildman–Crippen MR) is 149 cm³/mol. The van der Waals surface area contributed by atoms with E-state index in [1.54, 1.807) is 6.07 Å². The van der Waals surface area contributed by atoms with Crippen LogP contribution >= 0.6 is 0 Å². The lowest BCUT2D eigenvalue weighted by molar-refractivity contribution is 0.0992. The van der Waals surface area contributed by atoms with Crippen molar-refractivity contribution in [3.63, 3.8) is 0 Å². The molecule has 0 unspecified atom stereocenters. The Morgan fingerprint density at radius 1 is 1.08 bits per heavy atom. The zero-order valence-electron chi connectivity index (χ0n) is 22.5. The molecule has 196 valence electrons. The number of hydrogen-bond donors (Lipinski definition) is 1. The molecule has 1 fully saturated rings. The number of piperazine rings is 1. The summed E-state index contributed by atoms with van der Waals surface area (Å²) in [5.74, 6) is 0.634. The number of aryl methyl sites for hydroxylation is 2. The minimum absolute atomic E-state index is 0.00668. The monoisotopic (exact) mass is 502 g/mol. The summed E-state index contributed by atoms with van der Waals surface area (Å²) < 4.78 is 11.7. The molecular formula is C31H38N2O4. The largest absolute Gasteiger partial charge is 0.493 e. The standard InChI is InChI=1S/C31H38N2O4/c1-21(2)6-8-24-18-25(9-7-22(24)3)28(34)20-27-19-26-10-11-29(23(4)30(26)37-31(27)35)36-17-5-14-33-15-12-32-13-16-33/h6-7,9-11,18-19,32H,5,8,12-17,20H2,1-4H3. The number of benzene rings is 2. The van der Waals surface area contributed by atoms with Crippen LogP contribution in [0.2, 0.25) is 0 Å². The second-order valence-electron chi connectivity index (χ2n) is 10.2. The number of ketones is 1. The van der Waals surface area contributed by atoms with E-state index >= 15 is 0 Å². The molecule has 1 saturated heterocycles. The number of ether oxygens (including phenoxy) is 1. The Balaban J connectivity index is 1.44. The first-order valence-corrected chi connectivity index (χ1v) is 13.2. The SMILES string of the molecule is CC(C)=CCc1cc(C(=O)Cc2cc3ccc(OCCCN4CCNCC4)c(C)c3oc2=O)ccc1C. The molecule has 4 rings (SSSR count). The van der Waals surface area contributed by atoms with Crippen LogP contribution in [-0.2, 0) is 12.8 Å². The second kappa shape index (κ2) is 12.3. The fraction of sp³-hybridized carbons (Fsp3) is 0.419. The fourth-order valence-electron chi connectivity index (χ4n) is 4.69. The van der Waals surface area contributed by atoms with Gasteiger partial charge in [0.1, 0.15) is 11.3 Å². The van der Waals surface area contributed by atoms with Crippen LogP contribution in [0.25, 0.3) is 11.0 Å². The van der Waals surface area contributed by atoms with Gasteiger partial charge in [-0.15, -0.1) is 0 Å². The first kappa shape index (κ1) is 26.8. The maximum Gasteiger partial charge on any atom is 0.339 e. The van der Waals surface area contributed by atoms with E-state index in [0.29, 0.717) is 23.3 Å². The van der Waals surface area contributed by atoms with Crippen LogP contribution in [0.3, 0.4) is 0 Å². The highest BCUT2D eigenvalue weighted by Gasteiger charge is 2.16. The van der Waals surface area contributed by atoms with Crippen LogP contribution in [0.5, 0.6) is 5.75 Å². The topological polar surface area (TPSA) is 71.8 Å². The van der Waals surface area contributed by atoms with Gasteiger partial charge in [0.15, 0.2) is 5.78 Å². The molecule has 6 nitrogen and oxygen atoms in total. The van der Waals surface area contributed by atoms with Crippen molar-refractivity contribution in [2.75, 3.05) is 39.3 Å². The Kier molecular flexibility index (Phi) is 8.95. The van der Waals surface area contributed by atoms with Gasteiger partial charge in [-0.2, -0.15) is 0 Å².